The van der Waals surface area contributed by atoms with Crippen LogP contribution in [0, 0.1) is 11.6 Å². The van der Waals surface area contributed by atoms with Gasteiger partial charge in [0.1, 0.15) is 11.6 Å². The average Bonchev–Trinajstić information content (AvgIpc) is 2.54. The normalized spacial score (nSPS) is 18.7. The number of hydrogen-bond acceptors (Lipinski definition) is 2. The first-order valence-electron chi connectivity index (χ1n) is 7.66. The monoisotopic (exact) mass is 394 g/mol. The van der Waals surface area contributed by atoms with Crippen LogP contribution in [0.3, 0.4) is 0 Å². The van der Waals surface area contributed by atoms with Crippen molar-refractivity contribution in [3.05, 3.63) is 69.7 Å². The molecule has 3 nitrogen and oxygen atoms in total. The molecule has 1 unspecified atom stereocenters. The van der Waals surface area contributed by atoms with Crippen molar-refractivity contribution >= 4 is 21.8 Å². The molecular formula is C18H17BrF2N2O. The van der Waals surface area contributed by atoms with Gasteiger partial charge in [-0.15, -0.1) is 0 Å². The predicted molar refractivity (Wildman–Crippen MR) is 91.8 cm³/mol. The number of nitrogens with zero attached hydrogens (tertiary/aromatic N) is 2. The molecular weight excluding hydrogens is 378 g/mol. The molecule has 0 spiro atoms. The quantitative estimate of drug-likeness (QED) is 0.771. The molecule has 2 aromatic rings. The maximum Gasteiger partial charge on any atom is 0.254 e. The van der Waals surface area contributed by atoms with Gasteiger partial charge in [0, 0.05) is 35.2 Å². The SMILES string of the molecule is CN1CCN(C(=O)c2cc(F)cc(Br)c2)CC1c1ccccc1F. The molecule has 0 radical (unpaired) electrons. The van der Waals surface area contributed by atoms with Crippen LogP contribution in [-0.4, -0.2) is 42.4 Å². The van der Waals surface area contributed by atoms with E-state index in [-0.39, 0.29) is 17.8 Å². The summed E-state index contributed by atoms with van der Waals surface area (Å²) in [5.74, 6) is -0.991. The lowest BCUT2D eigenvalue weighted by atomic mass is 10.0. The summed E-state index contributed by atoms with van der Waals surface area (Å²) in [4.78, 5) is 16.4. The number of halogens is 3. The zero-order valence-corrected chi connectivity index (χ0v) is 14.8. The second kappa shape index (κ2) is 6.99. The van der Waals surface area contributed by atoms with Gasteiger partial charge in [-0.2, -0.15) is 0 Å². The number of carbonyl (C=O) groups excluding carboxylic acids is 1. The van der Waals surface area contributed by atoms with Crippen molar-refractivity contribution in [2.24, 2.45) is 0 Å². The van der Waals surface area contributed by atoms with Crippen molar-refractivity contribution in [3.63, 3.8) is 0 Å². The molecule has 0 bridgehead atoms. The Morgan fingerprint density at radius 2 is 1.92 bits per heavy atom. The summed E-state index contributed by atoms with van der Waals surface area (Å²) >= 11 is 3.20. The third-order valence-corrected chi connectivity index (χ3v) is 4.77. The molecule has 0 aromatic heterocycles. The number of hydrogen-bond donors (Lipinski definition) is 0. The molecule has 24 heavy (non-hydrogen) atoms. The van der Waals surface area contributed by atoms with Gasteiger partial charge in [0.05, 0.1) is 6.04 Å². The van der Waals surface area contributed by atoms with Gasteiger partial charge in [-0.3, -0.25) is 9.69 Å². The van der Waals surface area contributed by atoms with E-state index in [4.69, 9.17) is 0 Å². The lowest BCUT2D eigenvalue weighted by molar-refractivity contribution is 0.0540. The van der Waals surface area contributed by atoms with Crippen molar-refractivity contribution in [2.75, 3.05) is 26.7 Å². The van der Waals surface area contributed by atoms with Crippen LogP contribution in [0.25, 0.3) is 0 Å². The van der Waals surface area contributed by atoms with Crippen LogP contribution < -0.4 is 0 Å². The first-order valence-corrected chi connectivity index (χ1v) is 8.45. The van der Waals surface area contributed by atoms with Crippen LogP contribution in [0.2, 0.25) is 0 Å². The van der Waals surface area contributed by atoms with E-state index in [9.17, 15) is 13.6 Å². The van der Waals surface area contributed by atoms with E-state index < -0.39 is 5.82 Å². The second-order valence-corrected chi connectivity index (χ2v) is 6.84. The first kappa shape index (κ1) is 17.0. The van der Waals surface area contributed by atoms with E-state index in [2.05, 4.69) is 15.9 Å². The Morgan fingerprint density at radius 3 is 2.62 bits per heavy atom. The first-order chi connectivity index (χ1) is 11.5. The van der Waals surface area contributed by atoms with Crippen LogP contribution in [0.5, 0.6) is 0 Å². The molecule has 1 heterocycles. The average molecular weight is 395 g/mol. The molecule has 1 atom stereocenters. The van der Waals surface area contributed by atoms with Gasteiger partial charge in [0.15, 0.2) is 0 Å². The summed E-state index contributed by atoms with van der Waals surface area (Å²) < 4.78 is 28.2. The van der Waals surface area contributed by atoms with Crippen molar-refractivity contribution in [3.8, 4) is 0 Å². The Morgan fingerprint density at radius 1 is 1.17 bits per heavy atom. The maximum atomic E-state index is 14.1. The molecule has 0 saturated carbocycles. The van der Waals surface area contributed by atoms with Crippen LogP contribution in [-0.2, 0) is 0 Å². The molecule has 1 fully saturated rings. The Bertz CT molecular complexity index is 748. The molecule has 6 heteroatoms. The summed E-state index contributed by atoms with van der Waals surface area (Å²) in [6.07, 6.45) is 0. The molecule has 1 aliphatic heterocycles. The van der Waals surface area contributed by atoms with Crippen LogP contribution in [0.4, 0.5) is 8.78 Å². The Labute approximate surface area is 148 Å². The molecule has 1 aliphatic rings. The van der Waals surface area contributed by atoms with Gasteiger partial charge in [0.2, 0.25) is 0 Å². The van der Waals surface area contributed by atoms with Crippen molar-refractivity contribution in [2.45, 2.75) is 6.04 Å². The number of likely N-dealkylation sites (N-methyl/N-ethyl adjacent to an activating group) is 1. The van der Waals surface area contributed by atoms with E-state index in [0.717, 1.165) is 0 Å². The van der Waals surface area contributed by atoms with Crippen LogP contribution in [0.15, 0.2) is 46.9 Å². The summed E-state index contributed by atoms with van der Waals surface area (Å²) in [5.41, 5.74) is 0.858. The molecule has 2 aromatic carbocycles. The van der Waals surface area contributed by atoms with Gasteiger partial charge in [-0.05, 0) is 31.3 Å². The fourth-order valence-electron chi connectivity index (χ4n) is 3.00. The summed E-state index contributed by atoms with van der Waals surface area (Å²) in [5, 5.41) is 0. The Hall–Kier alpha value is -1.79. The lowest BCUT2D eigenvalue weighted by Crippen LogP contribution is -2.49. The minimum Gasteiger partial charge on any atom is -0.335 e. The molecule has 1 saturated heterocycles. The minimum absolute atomic E-state index is 0.221. The van der Waals surface area contributed by atoms with Crippen molar-refractivity contribution < 1.29 is 13.6 Å². The van der Waals surface area contributed by atoms with Crippen molar-refractivity contribution in [1.29, 1.82) is 0 Å². The zero-order valence-electron chi connectivity index (χ0n) is 13.2. The number of benzene rings is 2. The van der Waals surface area contributed by atoms with E-state index in [1.54, 1.807) is 29.2 Å². The molecule has 0 N–H and O–H groups in total. The van der Waals surface area contributed by atoms with Gasteiger partial charge >= 0.3 is 0 Å². The number of carbonyl (C=O) groups is 1. The lowest BCUT2D eigenvalue weighted by Gasteiger charge is -2.39. The zero-order chi connectivity index (χ0) is 17.3. The highest BCUT2D eigenvalue weighted by Crippen LogP contribution is 2.27. The molecule has 126 valence electrons. The second-order valence-electron chi connectivity index (χ2n) is 5.93. The maximum absolute atomic E-state index is 14.1. The largest absolute Gasteiger partial charge is 0.335 e. The van der Waals surface area contributed by atoms with E-state index in [1.165, 1.54) is 18.2 Å². The van der Waals surface area contributed by atoms with E-state index in [1.807, 2.05) is 11.9 Å². The third-order valence-electron chi connectivity index (χ3n) is 4.31. The minimum atomic E-state index is -0.465. The van der Waals surface area contributed by atoms with Gasteiger partial charge < -0.3 is 4.90 Å². The van der Waals surface area contributed by atoms with Gasteiger partial charge in [-0.25, -0.2) is 8.78 Å². The highest BCUT2D eigenvalue weighted by atomic mass is 79.9. The number of piperazine rings is 1. The topological polar surface area (TPSA) is 23.6 Å². The number of rotatable bonds is 2. The van der Waals surface area contributed by atoms with Gasteiger partial charge in [0.25, 0.3) is 5.91 Å². The standard InChI is InChI=1S/C18H17BrF2N2O/c1-22-6-7-23(11-17(22)15-4-2-3-5-16(15)21)18(24)12-8-13(19)10-14(20)9-12/h2-5,8-10,17H,6-7,11H2,1H3. The van der Waals surface area contributed by atoms with Crippen LogP contribution in [0.1, 0.15) is 22.0 Å². The number of amides is 1. The highest BCUT2D eigenvalue weighted by Gasteiger charge is 2.30. The fourth-order valence-corrected chi connectivity index (χ4v) is 3.46. The smallest absolute Gasteiger partial charge is 0.254 e. The van der Waals surface area contributed by atoms with Crippen molar-refractivity contribution in [1.82, 2.24) is 9.80 Å². The van der Waals surface area contributed by atoms with E-state index in [0.29, 0.717) is 35.2 Å². The fraction of sp³-hybridized carbons (Fsp3) is 0.278. The molecule has 1 amide bonds. The third kappa shape index (κ3) is 3.49. The van der Waals surface area contributed by atoms with Crippen LogP contribution >= 0.6 is 15.9 Å². The van der Waals surface area contributed by atoms with Gasteiger partial charge in [-0.1, -0.05) is 34.1 Å². The predicted octanol–water partition coefficient (Wildman–Crippen LogP) is 3.86. The summed E-state index contributed by atoms with van der Waals surface area (Å²) in [7, 11) is 1.91. The Kier molecular flexibility index (Phi) is 4.96. The molecule has 0 aliphatic carbocycles. The highest BCUT2D eigenvalue weighted by molar-refractivity contribution is 9.10. The van der Waals surface area contributed by atoms with E-state index >= 15 is 0 Å². The Balaban J connectivity index is 1.85. The summed E-state index contributed by atoms with van der Waals surface area (Å²) in [6.45, 7) is 1.51. The molecule has 3 rings (SSSR count). The summed E-state index contributed by atoms with van der Waals surface area (Å²) in [6, 6.07) is 10.5.